The van der Waals surface area contributed by atoms with Crippen molar-refractivity contribution in [3.05, 3.63) is 12.7 Å². The van der Waals surface area contributed by atoms with Crippen LogP contribution in [-0.4, -0.2) is 90.1 Å². The molecule has 0 bridgehead atoms. The Morgan fingerprint density at radius 1 is 0.904 bits per heavy atom. The zero-order valence-corrected chi connectivity index (χ0v) is 33.1. The van der Waals surface area contributed by atoms with Gasteiger partial charge in [-0.1, -0.05) is 78.2 Å². The Kier molecular flexibility index (Phi) is 11.6. The lowest BCUT2D eigenvalue weighted by atomic mass is 9.70. The summed E-state index contributed by atoms with van der Waals surface area (Å²) < 4.78 is 25.9. The summed E-state index contributed by atoms with van der Waals surface area (Å²) in [6.07, 6.45) is 11.6. The Morgan fingerprint density at radius 3 is 2.06 bits per heavy atom. The van der Waals surface area contributed by atoms with E-state index in [2.05, 4.69) is 41.7 Å². The Balaban J connectivity index is 1.40. The van der Waals surface area contributed by atoms with Gasteiger partial charge in [0, 0.05) is 13.1 Å². The lowest BCUT2D eigenvalue weighted by molar-refractivity contribution is -0.146. The van der Waals surface area contributed by atoms with E-state index in [0.717, 1.165) is 51.4 Å². The standard InChI is InChI=1S/C39H63N5O7S/c1-8-21-40-33(47)30(45)27(22-25-15-16-25)41-32(46)29-28-26(37(28,5)6)23-44(29)34(48)31(38(7)17-11-9-12-18-38)42-35(49)43-39(19-13-10-14-20-39)24-52(50,51)36(2,3)4/h8,25-29,31H,1,9-24H2,2-7H3,(H,40,47)(H,41,46)(H2,42,43,49)/t26?,27?,28-,29-,31+/m0/s1. The van der Waals surface area contributed by atoms with Gasteiger partial charge in [-0.15, -0.1) is 6.58 Å². The van der Waals surface area contributed by atoms with Gasteiger partial charge in [-0.3, -0.25) is 19.2 Å². The molecule has 5 aliphatic rings. The zero-order valence-electron chi connectivity index (χ0n) is 32.3. The molecule has 0 aromatic carbocycles. The third-order valence-corrected chi connectivity index (χ3v) is 15.9. The second-order valence-electron chi connectivity index (χ2n) is 18.5. The first kappa shape index (κ1) is 40.2. The molecule has 0 radical (unpaired) electrons. The molecule has 1 heterocycles. The van der Waals surface area contributed by atoms with E-state index in [9.17, 15) is 32.4 Å². The molecule has 0 spiro atoms. The van der Waals surface area contributed by atoms with Crippen LogP contribution < -0.4 is 21.3 Å². The Labute approximate surface area is 310 Å². The molecule has 4 N–H and O–H groups in total. The van der Waals surface area contributed by atoms with Crippen molar-refractivity contribution in [2.24, 2.45) is 28.6 Å². The van der Waals surface area contributed by atoms with Crippen LogP contribution in [0.4, 0.5) is 4.79 Å². The number of rotatable bonds is 14. The average Bonchev–Trinajstić information content (AvgIpc) is 3.92. The maximum absolute atomic E-state index is 14.9. The fourth-order valence-electron chi connectivity index (χ4n) is 9.27. The Morgan fingerprint density at radius 2 is 1.50 bits per heavy atom. The van der Waals surface area contributed by atoms with Crippen LogP contribution in [-0.2, 0) is 29.0 Å². The van der Waals surface area contributed by atoms with E-state index >= 15 is 0 Å². The van der Waals surface area contributed by atoms with Gasteiger partial charge in [0.15, 0.2) is 9.84 Å². The summed E-state index contributed by atoms with van der Waals surface area (Å²) in [5, 5.41) is 11.6. The quantitative estimate of drug-likeness (QED) is 0.153. The number of fused-ring (bicyclic) bond motifs is 1. The Bertz CT molecular complexity index is 1520. The first-order chi connectivity index (χ1) is 24.3. The van der Waals surface area contributed by atoms with E-state index < -0.39 is 67.3 Å². The van der Waals surface area contributed by atoms with E-state index in [1.54, 1.807) is 25.7 Å². The summed E-state index contributed by atoms with van der Waals surface area (Å²) in [4.78, 5) is 70.9. The molecule has 12 nitrogen and oxygen atoms in total. The van der Waals surface area contributed by atoms with Gasteiger partial charge in [0.25, 0.3) is 5.91 Å². The molecule has 2 unspecified atom stereocenters. The Hall–Kier alpha value is -2.96. The van der Waals surface area contributed by atoms with Gasteiger partial charge in [0.2, 0.25) is 17.6 Å². The molecular weight excluding hydrogens is 683 g/mol. The van der Waals surface area contributed by atoms with Crippen molar-refractivity contribution in [3.8, 4) is 0 Å². The molecule has 5 atom stereocenters. The van der Waals surface area contributed by atoms with E-state index in [-0.39, 0.29) is 41.4 Å². The average molecular weight is 746 g/mol. The summed E-state index contributed by atoms with van der Waals surface area (Å²) in [6, 6.07) is -3.38. The second kappa shape index (κ2) is 15.1. The number of Topliss-reactive ketones (excluding diaryl/α,β-unsaturated/α-hetero) is 1. The smallest absolute Gasteiger partial charge is 0.315 e. The van der Waals surface area contributed by atoms with Gasteiger partial charge in [-0.25, -0.2) is 13.2 Å². The third-order valence-electron chi connectivity index (χ3n) is 13.1. The van der Waals surface area contributed by atoms with Crippen LogP contribution in [0.3, 0.4) is 0 Å². The van der Waals surface area contributed by atoms with E-state index in [4.69, 9.17) is 0 Å². The molecule has 5 fully saturated rings. The number of carbonyl (C=O) groups excluding carboxylic acids is 5. The van der Waals surface area contributed by atoms with Crippen LogP contribution in [0, 0.1) is 28.6 Å². The largest absolute Gasteiger partial charge is 0.346 e. The van der Waals surface area contributed by atoms with Crippen LogP contribution in [0.25, 0.3) is 0 Å². The van der Waals surface area contributed by atoms with Crippen LogP contribution in [0.1, 0.15) is 125 Å². The highest BCUT2D eigenvalue weighted by Gasteiger charge is 2.70. The number of hydrogen-bond acceptors (Lipinski definition) is 7. The molecule has 4 saturated carbocycles. The van der Waals surface area contributed by atoms with Crippen molar-refractivity contribution in [2.75, 3.05) is 18.8 Å². The summed E-state index contributed by atoms with van der Waals surface area (Å²) in [5.74, 6) is -2.26. The molecule has 4 aliphatic carbocycles. The highest BCUT2D eigenvalue weighted by Crippen LogP contribution is 2.65. The SMILES string of the molecule is C=CCNC(=O)C(=O)C(CC1CC1)NC(=O)[C@@H]1[C@@H]2C(CN1C(=O)[C@@H](NC(=O)NC1(CS(=O)(=O)C(C)(C)C)CCCCC1)C1(C)CCCCC1)C2(C)C. The maximum atomic E-state index is 14.9. The third kappa shape index (κ3) is 8.54. The van der Waals surface area contributed by atoms with Crippen molar-refractivity contribution in [1.29, 1.82) is 0 Å². The minimum Gasteiger partial charge on any atom is -0.346 e. The molecule has 1 saturated heterocycles. The number of ketones is 1. The zero-order chi connectivity index (χ0) is 38.3. The molecule has 0 aromatic heterocycles. The van der Waals surface area contributed by atoms with E-state index in [0.29, 0.717) is 38.6 Å². The van der Waals surface area contributed by atoms with Gasteiger partial charge < -0.3 is 26.2 Å². The van der Waals surface area contributed by atoms with Gasteiger partial charge >= 0.3 is 6.03 Å². The highest BCUT2D eigenvalue weighted by molar-refractivity contribution is 7.92. The molecule has 5 rings (SSSR count). The van der Waals surface area contributed by atoms with Crippen molar-refractivity contribution in [3.63, 3.8) is 0 Å². The van der Waals surface area contributed by atoms with E-state index in [1.165, 1.54) is 6.08 Å². The predicted molar refractivity (Wildman–Crippen MR) is 200 cm³/mol. The highest BCUT2D eigenvalue weighted by atomic mass is 32.2. The van der Waals surface area contributed by atoms with Crippen LogP contribution in [0.5, 0.6) is 0 Å². The minimum atomic E-state index is -3.57. The molecule has 0 aromatic rings. The van der Waals surface area contributed by atoms with Crippen molar-refractivity contribution in [2.45, 2.75) is 153 Å². The number of nitrogens with zero attached hydrogens (tertiary/aromatic N) is 1. The maximum Gasteiger partial charge on any atom is 0.315 e. The summed E-state index contributed by atoms with van der Waals surface area (Å²) in [5.41, 5.74) is -1.73. The van der Waals surface area contributed by atoms with Crippen molar-refractivity contribution < 1.29 is 32.4 Å². The van der Waals surface area contributed by atoms with Gasteiger partial charge in [-0.05, 0) is 81.5 Å². The predicted octanol–water partition coefficient (Wildman–Crippen LogP) is 4.18. The topological polar surface area (TPSA) is 171 Å². The number of nitrogens with one attached hydrogen (secondary N) is 4. The number of sulfone groups is 1. The monoisotopic (exact) mass is 745 g/mol. The number of urea groups is 1. The fourth-order valence-corrected chi connectivity index (χ4v) is 10.8. The molecule has 13 heteroatoms. The van der Waals surface area contributed by atoms with Crippen LogP contribution >= 0.6 is 0 Å². The normalized spacial score (nSPS) is 27.3. The second-order valence-corrected chi connectivity index (χ2v) is 21.2. The summed E-state index contributed by atoms with van der Waals surface area (Å²) in [7, 11) is -3.57. The van der Waals surface area contributed by atoms with Gasteiger partial charge in [0.05, 0.1) is 22.1 Å². The van der Waals surface area contributed by atoms with Crippen LogP contribution in [0.2, 0.25) is 0 Å². The molecule has 1 aliphatic heterocycles. The minimum absolute atomic E-state index is 0.0717. The first-order valence-corrected chi connectivity index (χ1v) is 21.3. The van der Waals surface area contributed by atoms with Crippen molar-refractivity contribution in [1.82, 2.24) is 26.2 Å². The number of hydrogen-bond donors (Lipinski definition) is 4. The van der Waals surface area contributed by atoms with Gasteiger partial charge in [-0.2, -0.15) is 0 Å². The van der Waals surface area contributed by atoms with Gasteiger partial charge in [0.1, 0.15) is 12.1 Å². The first-order valence-electron chi connectivity index (χ1n) is 19.6. The lowest BCUT2D eigenvalue weighted by Crippen LogP contribution is -2.65. The molecule has 292 valence electrons. The number of amides is 5. The lowest BCUT2D eigenvalue weighted by Gasteiger charge is -2.44. The number of likely N-dealkylation sites (tertiary alicyclic amines) is 1. The molecule has 5 amide bonds. The summed E-state index contributed by atoms with van der Waals surface area (Å²) >= 11 is 0. The fraction of sp³-hybridized carbons (Fsp3) is 0.821. The number of piperidine rings is 1. The number of carbonyl (C=O) groups is 5. The molecular formula is C39H63N5O7S. The van der Waals surface area contributed by atoms with E-state index in [1.807, 2.05) is 6.92 Å². The molecule has 52 heavy (non-hydrogen) atoms. The van der Waals surface area contributed by atoms with Crippen molar-refractivity contribution >= 4 is 39.4 Å². The van der Waals surface area contributed by atoms with Crippen LogP contribution in [0.15, 0.2) is 12.7 Å². The summed E-state index contributed by atoms with van der Waals surface area (Å²) in [6.45, 7) is 15.3.